The fourth-order valence-corrected chi connectivity index (χ4v) is 6.37. The van der Waals surface area contributed by atoms with Crippen LogP contribution in [0.25, 0.3) is 0 Å². The third-order valence-corrected chi connectivity index (χ3v) is 8.12. The molecule has 6 rings (SSSR count). The molecular formula is C29H33N5O2. The van der Waals surface area contributed by atoms with E-state index in [0.29, 0.717) is 18.3 Å². The summed E-state index contributed by atoms with van der Waals surface area (Å²) in [7, 11) is 0. The van der Waals surface area contributed by atoms with E-state index in [1.807, 2.05) is 24.3 Å². The molecule has 4 heterocycles. The number of hydrogen-bond acceptors (Lipinski definition) is 4. The molecule has 0 radical (unpaired) electrons. The van der Waals surface area contributed by atoms with Crippen LogP contribution in [-0.4, -0.2) is 41.6 Å². The van der Waals surface area contributed by atoms with Crippen molar-refractivity contribution in [1.29, 1.82) is 0 Å². The number of urea groups is 1. The number of carbonyl (C=O) groups excluding carboxylic acids is 1. The number of benzene rings is 2. The summed E-state index contributed by atoms with van der Waals surface area (Å²) in [5.74, 6) is 0.961. The van der Waals surface area contributed by atoms with Crippen molar-refractivity contribution >= 4 is 23.2 Å². The van der Waals surface area contributed by atoms with Crippen LogP contribution in [0.1, 0.15) is 48.3 Å². The number of carbonyl (C=O) groups is 1. The lowest BCUT2D eigenvalue weighted by Crippen LogP contribution is -2.44. The van der Waals surface area contributed by atoms with Gasteiger partial charge in [0, 0.05) is 44.1 Å². The van der Waals surface area contributed by atoms with Crippen LogP contribution >= 0.6 is 0 Å². The molecule has 3 atom stereocenters. The van der Waals surface area contributed by atoms with E-state index in [1.165, 1.54) is 11.1 Å². The van der Waals surface area contributed by atoms with Crippen molar-refractivity contribution in [2.24, 2.45) is 0 Å². The van der Waals surface area contributed by atoms with Gasteiger partial charge in [-0.2, -0.15) is 0 Å². The van der Waals surface area contributed by atoms with Gasteiger partial charge in [0.05, 0.1) is 18.3 Å². The van der Waals surface area contributed by atoms with Crippen molar-refractivity contribution in [3.8, 4) is 0 Å². The van der Waals surface area contributed by atoms with Gasteiger partial charge >= 0.3 is 6.03 Å². The summed E-state index contributed by atoms with van der Waals surface area (Å²) in [4.78, 5) is 19.8. The van der Waals surface area contributed by atoms with E-state index in [9.17, 15) is 10.0 Å². The summed E-state index contributed by atoms with van der Waals surface area (Å²) in [5.41, 5.74) is 5.07. The lowest BCUT2D eigenvalue weighted by molar-refractivity contribution is 0.200. The van der Waals surface area contributed by atoms with Crippen molar-refractivity contribution < 1.29 is 4.79 Å². The highest BCUT2D eigenvalue weighted by atomic mass is 16.6. The second kappa shape index (κ2) is 9.65. The Morgan fingerprint density at radius 3 is 2.83 bits per heavy atom. The number of fused-ring (bicyclic) bond motifs is 3. The molecule has 7 heteroatoms. The highest BCUT2D eigenvalue weighted by molar-refractivity contribution is 6.00. The minimum atomic E-state index is -0.327. The number of hydroxylamine groups is 2. The maximum Gasteiger partial charge on any atom is 0.324 e. The molecule has 1 aromatic heterocycles. The highest BCUT2D eigenvalue weighted by Crippen LogP contribution is 2.46. The number of amides is 2. The number of pyridine rings is 1. The Bertz CT molecular complexity index is 1250. The van der Waals surface area contributed by atoms with Gasteiger partial charge in [-0.05, 0) is 60.7 Å². The molecule has 3 unspecified atom stereocenters. The van der Waals surface area contributed by atoms with Crippen LogP contribution in [0, 0.1) is 5.21 Å². The van der Waals surface area contributed by atoms with Gasteiger partial charge in [-0.15, -0.1) is 0 Å². The summed E-state index contributed by atoms with van der Waals surface area (Å²) in [6, 6.07) is 20.1. The first-order chi connectivity index (χ1) is 17.6. The number of likely N-dealkylation sites (tertiary alicyclic amines) is 1. The Morgan fingerprint density at radius 2 is 1.94 bits per heavy atom. The number of hydrogen-bond donors (Lipinski definition) is 2. The molecule has 7 nitrogen and oxygen atoms in total. The van der Waals surface area contributed by atoms with E-state index in [0.717, 1.165) is 68.7 Å². The van der Waals surface area contributed by atoms with Gasteiger partial charge in [-0.1, -0.05) is 36.4 Å². The summed E-state index contributed by atoms with van der Waals surface area (Å²) in [5, 5.41) is 19.2. The minimum Gasteiger partial charge on any atom is -0.627 e. The van der Waals surface area contributed by atoms with E-state index < -0.39 is 0 Å². The van der Waals surface area contributed by atoms with Crippen LogP contribution in [0.5, 0.6) is 0 Å². The van der Waals surface area contributed by atoms with Gasteiger partial charge in [0.1, 0.15) is 11.5 Å². The molecule has 2 amide bonds. The van der Waals surface area contributed by atoms with Crippen molar-refractivity contribution in [3.05, 3.63) is 88.8 Å². The molecule has 36 heavy (non-hydrogen) atoms. The second-order valence-electron chi connectivity index (χ2n) is 10.4. The first-order valence-electron chi connectivity index (χ1n) is 13.1. The number of rotatable bonds is 5. The first-order valence-corrected chi connectivity index (χ1v) is 13.1. The van der Waals surface area contributed by atoms with Crippen LogP contribution < -0.4 is 15.3 Å². The third kappa shape index (κ3) is 4.50. The Kier molecular flexibility index (Phi) is 6.21. The summed E-state index contributed by atoms with van der Waals surface area (Å²) in [6.07, 6.45) is 6.71. The smallest absolute Gasteiger partial charge is 0.324 e. The van der Waals surface area contributed by atoms with Crippen LogP contribution in [0.4, 0.5) is 22.0 Å². The van der Waals surface area contributed by atoms with Crippen LogP contribution in [0.3, 0.4) is 0 Å². The van der Waals surface area contributed by atoms with Gasteiger partial charge < -0.3 is 15.2 Å². The Balaban J connectivity index is 1.11. The quantitative estimate of drug-likeness (QED) is 0.364. The van der Waals surface area contributed by atoms with Crippen LogP contribution in [0.15, 0.2) is 66.9 Å². The predicted molar refractivity (Wildman–Crippen MR) is 144 cm³/mol. The van der Waals surface area contributed by atoms with E-state index in [4.69, 9.17) is 0 Å². The molecule has 0 spiro atoms. The minimum absolute atomic E-state index is 0.0845. The maximum absolute atomic E-state index is 13.3. The summed E-state index contributed by atoms with van der Waals surface area (Å²) >= 11 is 0. The highest BCUT2D eigenvalue weighted by Gasteiger charge is 2.45. The van der Waals surface area contributed by atoms with Crippen molar-refractivity contribution in [2.45, 2.75) is 50.6 Å². The van der Waals surface area contributed by atoms with Gasteiger partial charge in [0.2, 0.25) is 0 Å². The monoisotopic (exact) mass is 483 g/mol. The van der Waals surface area contributed by atoms with E-state index in [2.05, 4.69) is 56.9 Å². The predicted octanol–water partition coefficient (Wildman–Crippen LogP) is 5.63. The second-order valence-corrected chi connectivity index (χ2v) is 10.4. The summed E-state index contributed by atoms with van der Waals surface area (Å²) < 4.78 is -0.237. The SMILES string of the molecule is O=C(Nc1cc(C2CCCN(Cc3ccccc3)C2)ccn1)Nc1cccc2c1CC1CCC[N+]21[O-]. The summed E-state index contributed by atoms with van der Waals surface area (Å²) in [6.45, 7) is 3.70. The number of piperidine rings is 1. The lowest BCUT2D eigenvalue weighted by Gasteiger charge is -2.39. The van der Waals surface area contributed by atoms with E-state index >= 15 is 0 Å². The Hall–Kier alpha value is -3.26. The van der Waals surface area contributed by atoms with Crippen molar-refractivity contribution in [2.75, 3.05) is 30.3 Å². The van der Waals surface area contributed by atoms with Crippen molar-refractivity contribution in [3.63, 3.8) is 0 Å². The van der Waals surface area contributed by atoms with E-state index in [-0.39, 0.29) is 16.7 Å². The molecule has 3 aliphatic heterocycles. The fourth-order valence-electron chi connectivity index (χ4n) is 6.37. The average molecular weight is 484 g/mol. The molecule has 2 N–H and O–H groups in total. The lowest BCUT2D eigenvalue weighted by atomic mass is 9.91. The van der Waals surface area contributed by atoms with Crippen LogP contribution in [-0.2, 0) is 13.0 Å². The number of anilines is 2. The molecule has 3 aliphatic rings. The first kappa shape index (κ1) is 23.2. The molecular weight excluding hydrogens is 450 g/mol. The maximum atomic E-state index is 13.3. The van der Waals surface area contributed by atoms with Gasteiger partial charge in [0.25, 0.3) is 0 Å². The zero-order valence-corrected chi connectivity index (χ0v) is 20.5. The molecule has 2 fully saturated rings. The van der Waals surface area contributed by atoms with Crippen molar-refractivity contribution in [1.82, 2.24) is 14.5 Å². The zero-order chi connectivity index (χ0) is 24.5. The standard InChI is InChI=1S/C29H33N5O2/c35-29(31-26-11-4-12-27-25(26)18-24-10-6-16-34(24,27)36)32-28-17-22(13-14-30-28)23-9-5-15-33(20-23)19-21-7-2-1-3-8-21/h1-4,7-8,11-14,17,23-24H,5-6,9-10,15-16,18-20H2,(H2,30,31,32,35). The normalized spacial score (nSPS) is 25.2. The molecule has 0 aliphatic carbocycles. The van der Waals surface area contributed by atoms with Gasteiger partial charge in [0.15, 0.2) is 0 Å². The molecule has 0 bridgehead atoms. The molecule has 2 aromatic carbocycles. The number of nitrogens with one attached hydrogen (secondary N) is 2. The van der Waals surface area contributed by atoms with Gasteiger partial charge in [-0.3, -0.25) is 10.2 Å². The van der Waals surface area contributed by atoms with Crippen LogP contribution in [0.2, 0.25) is 0 Å². The topological polar surface area (TPSA) is 80.3 Å². The van der Waals surface area contributed by atoms with Gasteiger partial charge in [-0.25, -0.2) is 9.78 Å². The number of aromatic nitrogens is 1. The zero-order valence-electron chi connectivity index (χ0n) is 20.5. The Morgan fingerprint density at radius 1 is 1.06 bits per heavy atom. The third-order valence-electron chi connectivity index (χ3n) is 8.12. The largest absolute Gasteiger partial charge is 0.627 e. The Labute approximate surface area is 212 Å². The molecule has 2 saturated heterocycles. The number of nitrogens with zero attached hydrogens (tertiary/aromatic N) is 3. The fraction of sp³-hybridized carbons (Fsp3) is 0.379. The number of quaternary nitrogens is 1. The molecule has 186 valence electrons. The van der Waals surface area contributed by atoms with E-state index in [1.54, 1.807) is 6.20 Å². The molecule has 3 aromatic rings. The molecule has 0 saturated carbocycles. The average Bonchev–Trinajstić information content (AvgIpc) is 3.39.